The van der Waals surface area contributed by atoms with Gasteiger partial charge in [-0.15, -0.1) is 0 Å². The minimum atomic E-state index is -3.77. The van der Waals surface area contributed by atoms with Crippen LogP contribution < -0.4 is 15.6 Å². The molecule has 0 aliphatic rings. The Hall–Kier alpha value is -2.19. The van der Waals surface area contributed by atoms with Gasteiger partial charge in [-0.1, -0.05) is 0 Å². The molecular formula is C13H15FN4O2S. The first-order chi connectivity index (χ1) is 9.98. The number of nitrogens with one attached hydrogen (secondary N) is 1. The average Bonchev–Trinajstić information content (AvgIpc) is 2.50. The molecule has 0 unspecified atom stereocenters. The summed E-state index contributed by atoms with van der Waals surface area (Å²) in [7, 11) is -3.77. The van der Waals surface area contributed by atoms with Crippen LogP contribution in [-0.4, -0.2) is 19.9 Å². The highest BCUT2D eigenvalue weighted by molar-refractivity contribution is 7.92. The molecule has 0 aliphatic carbocycles. The molecule has 6 nitrogen and oxygen atoms in total. The zero-order chi connectivity index (χ0) is 15.5. The number of nitrogen functional groups attached to an aromatic ring is 1. The number of hydrazine groups is 1. The second kappa shape index (κ2) is 6.06. The first-order valence-corrected chi connectivity index (χ1v) is 7.64. The van der Waals surface area contributed by atoms with Crippen LogP contribution in [0.3, 0.4) is 0 Å². The third-order valence-electron chi connectivity index (χ3n) is 2.87. The van der Waals surface area contributed by atoms with Crippen molar-refractivity contribution in [1.82, 2.24) is 4.98 Å². The molecule has 0 fully saturated rings. The number of halogens is 1. The minimum absolute atomic E-state index is 0.0524. The number of rotatable bonds is 5. The molecule has 0 radical (unpaired) electrons. The van der Waals surface area contributed by atoms with Gasteiger partial charge in [-0.2, -0.15) is 0 Å². The van der Waals surface area contributed by atoms with E-state index in [1.54, 1.807) is 6.92 Å². The van der Waals surface area contributed by atoms with Crippen molar-refractivity contribution in [3.63, 3.8) is 0 Å². The maximum atomic E-state index is 13.0. The van der Waals surface area contributed by atoms with Crippen molar-refractivity contribution in [2.45, 2.75) is 11.8 Å². The predicted octanol–water partition coefficient (Wildman–Crippen LogP) is 1.72. The van der Waals surface area contributed by atoms with Crippen molar-refractivity contribution in [3.05, 3.63) is 48.4 Å². The van der Waals surface area contributed by atoms with Gasteiger partial charge in [-0.25, -0.2) is 23.6 Å². The molecular weight excluding hydrogens is 295 g/mol. The minimum Gasteiger partial charge on any atom is -0.308 e. The normalized spacial score (nSPS) is 11.2. The Morgan fingerprint density at radius 3 is 2.52 bits per heavy atom. The summed E-state index contributed by atoms with van der Waals surface area (Å²) >= 11 is 0. The summed E-state index contributed by atoms with van der Waals surface area (Å²) in [6.45, 7) is 1.91. The summed E-state index contributed by atoms with van der Waals surface area (Å²) < 4.78 is 39.5. The maximum Gasteiger partial charge on any atom is 0.264 e. The van der Waals surface area contributed by atoms with Crippen LogP contribution in [0.5, 0.6) is 0 Å². The smallest absolute Gasteiger partial charge is 0.264 e. The van der Waals surface area contributed by atoms with Crippen LogP contribution in [0.2, 0.25) is 0 Å². The number of hydrogen-bond acceptors (Lipinski definition) is 5. The molecule has 1 aromatic heterocycles. The van der Waals surface area contributed by atoms with Gasteiger partial charge in [0.25, 0.3) is 10.0 Å². The van der Waals surface area contributed by atoms with Gasteiger partial charge in [0.15, 0.2) is 0 Å². The quantitative estimate of drug-likeness (QED) is 0.648. The zero-order valence-corrected chi connectivity index (χ0v) is 12.1. The molecule has 3 N–H and O–H groups in total. The molecule has 21 heavy (non-hydrogen) atoms. The summed E-state index contributed by atoms with van der Waals surface area (Å²) in [6.07, 6.45) is 1.35. The number of aromatic nitrogens is 1. The number of sulfonamides is 1. The van der Waals surface area contributed by atoms with E-state index in [4.69, 9.17) is 5.84 Å². The molecule has 0 atom stereocenters. The van der Waals surface area contributed by atoms with Crippen molar-refractivity contribution in [3.8, 4) is 0 Å². The van der Waals surface area contributed by atoms with Crippen LogP contribution in [0.15, 0.2) is 47.5 Å². The van der Waals surface area contributed by atoms with E-state index in [2.05, 4.69) is 10.4 Å². The molecule has 2 aromatic rings. The molecule has 0 aliphatic heterocycles. The Kier molecular flexibility index (Phi) is 4.39. The Bertz CT molecular complexity index is 719. The van der Waals surface area contributed by atoms with E-state index in [9.17, 15) is 12.8 Å². The van der Waals surface area contributed by atoms with Gasteiger partial charge in [0.2, 0.25) is 0 Å². The van der Waals surface area contributed by atoms with Crippen molar-refractivity contribution in [2.75, 3.05) is 16.3 Å². The largest absolute Gasteiger partial charge is 0.308 e. The highest BCUT2D eigenvalue weighted by Gasteiger charge is 2.24. The number of benzene rings is 1. The molecule has 1 heterocycles. The van der Waals surface area contributed by atoms with Crippen molar-refractivity contribution < 1.29 is 12.8 Å². The van der Waals surface area contributed by atoms with Gasteiger partial charge in [-0.3, -0.25) is 4.31 Å². The lowest BCUT2D eigenvalue weighted by Crippen LogP contribution is -2.30. The summed E-state index contributed by atoms with van der Waals surface area (Å²) in [5.41, 5.74) is 2.69. The highest BCUT2D eigenvalue weighted by atomic mass is 32.2. The molecule has 2 rings (SSSR count). The number of nitrogens with two attached hydrogens (primary N) is 1. The van der Waals surface area contributed by atoms with Crippen LogP contribution in [-0.2, 0) is 10.0 Å². The Balaban J connectivity index is 2.46. The molecule has 112 valence electrons. The molecule has 0 spiro atoms. The van der Waals surface area contributed by atoms with Crippen molar-refractivity contribution >= 4 is 21.5 Å². The fraction of sp³-hybridized carbons (Fsp3) is 0.154. The number of hydrogen-bond donors (Lipinski definition) is 2. The Labute approximate surface area is 122 Å². The SMILES string of the molecule is CCN(c1ccc(F)cc1)S(=O)(=O)c1ccnc(NN)c1. The second-order valence-electron chi connectivity index (χ2n) is 4.17. The van der Waals surface area contributed by atoms with Gasteiger partial charge in [-0.05, 0) is 37.3 Å². The lowest BCUT2D eigenvalue weighted by atomic mass is 10.3. The van der Waals surface area contributed by atoms with E-state index >= 15 is 0 Å². The molecule has 8 heteroatoms. The summed E-state index contributed by atoms with van der Waals surface area (Å²) in [6, 6.07) is 7.98. The van der Waals surface area contributed by atoms with E-state index in [1.807, 2.05) is 0 Å². The van der Waals surface area contributed by atoms with Crippen molar-refractivity contribution in [2.24, 2.45) is 5.84 Å². The molecule has 0 saturated heterocycles. The van der Waals surface area contributed by atoms with Crippen LogP contribution >= 0.6 is 0 Å². The first-order valence-electron chi connectivity index (χ1n) is 6.20. The van der Waals surface area contributed by atoms with Crippen LogP contribution in [0, 0.1) is 5.82 Å². The van der Waals surface area contributed by atoms with Gasteiger partial charge in [0, 0.05) is 18.8 Å². The monoisotopic (exact) mass is 310 g/mol. The second-order valence-corrected chi connectivity index (χ2v) is 6.03. The maximum absolute atomic E-state index is 13.0. The lowest BCUT2D eigenvalue weighted by Gasteiger charge is -2.23. The zero-order valence-electron chi connectivity index (χ0n) is 11.3. The number of pyridine rings is 1. The summed E-state index contributed by atoms with van der Waals surface area (Å²) in [5, 5.41) is 0. The Morgan fingerprint density at radius 1 is 1.29 bits per heavy atom. The van der Waals surface area contributed by atoms with E-state index < -0.39 is 15.8 Å². The van der Waals surface area contributed by atoms with E-state index in [1.165, 1.54) is 46.9 Å². The molecule has 0 amide bonds. The van der Waals surface area contributed by atoms with Gasteiger partial charge in [0.05, 0.1) is 10.6 Å². The van der Waals surface area contributed by atoms with E-state index in [-0.39, 0.29) is 17.3 Å². The summed E-state index contributed by atoms with van der Waals surface area (Å²) in [5.74, 6) is 5.05. The average molecular weight is 310 g/mol. The van der Waals surface area contributed by atoms with Gasteiger partial charge >= 0.3 is 0 Å². The standard InChI is InChI=1S/C13H15FN4O2S/c1-2-18(11-5-3-10(14)4-6-11)21(19,20)12-7-8-16-13(9-12)17-15/h3-9H,2,15H2,1H3,(H,16,17). The summed E-state index contributed by atoms with van der Waals surface area (Å²) in [4.78, 5) is 3.92. The van der Waals surface area contributed by atoms with Gasteiger partial charge < -0.3 is 5.43 Å². The van der Waals surface area contributed by atoms with Crippen LogP contribution in [0.1, 0.15) is 6.92 Å². The van der Waals surface area contributed by atoms with E-state index in [0.717, 1.165) is 0 Å². The molecule has 0 saturated carbocycles. The Morgan fingerprint density at radius 2 is 1.95 bits per heavy atom. The van der Waals surface area contributed by atoms with Crippen LogP contribution in [0.25, 0.3) is 0 Å². The third-order valence-corrected chi connectivity index (χ3v) is 4.77. The highest BCUT2D eigenvalue weighted by Crippen LogP contribution is 2.24. The van der Waals surface area contributed by atoms with Gasteiger partial charge in [0.1, 0.15) is 11.6 Å². The lowest BCUT2D eigenvalue weighted by molar-refractivity contribution is 0.591. The number of anilines is 2. The van der Waals surface area contributed by atoms with Crippen molar-refractivity contribution in [1.29, 1.82) is 0 Å². The van der Waals surface area contributed by atoms with Crippen LogP contribution in [0.4, 0.5) is 15.9 Å². The fourth-order valence-corrected chi connectivity index (χ4v) is 3.36. The molecule has 0 bridgehead atoms. The number of nitrogens with zero attached hydrogens (tertiary/aromatic N) is 2. The third kappa shape index (κ3) is 3.11. The van der Waals surface area contributed by atoms with E-state index in [0.29, 0.717) is 5.69 Å². The molecule has 1 aromatic carbocycles. The predicted molar refractivity (Wildman–Crippen MR) is 78.7 cm³/mol. The topological polar surface area (TPSA) is 88.3 Å². The fourth-order valence-electron chi connectivity index (χ4n) is 1.88. The first kappa shape index (κ1) is 15.2.